The standard InChI is InChI=1S/C12H17N3O3/c16-11(17)6-2-1-3-8-14-12(18)15-10-5-4-7-13-9-10/h4-5,7,9H,1-3,6,8H2,(H,16,17)(H2,14,15,18). The van der Waals surface area contributed by atoms with Crippen LogP contribution in [-0.2, 0) is 4.79 Å². The van der Waals surface area contributed by atoms with E-state index in [0.717, 1.165) is 12.8 Å². The first-order valence-electron chi connectivity index (χ1n) is 5.85. The van der Waals surface area contributed by atoms with Gasteiger partial charge < -0.3 is 15.7 Å². The molecule has 0 bridgehead atoms. The van der Waals surface area contributed by atoms with Crippen molar-refractivity contribution in [3.05, 3.63) is 24.5 Å². The summed E-state index contributed by atoms with van der Waals surface area (Å²) in [7, 11) is 0. The molecule has 0 saturated heterocycles. The number of carboxylic acid groups (broad SMARTS) is 1. The average molecular weight is 251 g/mol. The lowest BCUT2D eigenvalue weighted by Gasteiger charge is -2.06. The summed E-state index contributed by atoms with van der Waals surface area (Å²) in [6.07, 6.45) is 5.58. The number of hydrogen-bond acceptors (Lipinski definition) is 3. The van der Waals surface area contributed by atoms with Crippen LogP contribution in [0.5, 0.6) is 0 Å². The quantitative estimate of drug-likeness (QED) is 0.645. The molecule has 0 atom stereocenters. The normalized spacial score (nSPS) is 9.78. The maximum Gasteiger partial charge on any atom is 0.319 e. The molecule has 6 nitrogen and oxygen atoms in total. The lowest BCUT2D eigenvalue weighted by atomic mass is 10.2. The van der Waals surface area contributed by atoms with Gasteiger partial charge >= 0.3 is 12.0 Å². The van der Waals surface area contributed by atoms with Gasteiger partial charge in [-0.3, -0.25) is 9.78 Å². The monoisotopic (exact) mass is 251 g/mol. The third kappa shape index (κ3) is 6.47. The predicted octanol–water partition coefficient (Wildman–Crippen LogP) is 1.85. The molecule has 0 aliphatic rings. The van der Waals surface area contributed by atoms with Gasteiger partial charge in [-0.15, -0.1) is 0 Å². The van der Waals surface area contributed by atoms with Gasteiger partial charge in [0.15, 0.2) is 0 Å². The Bertz CT molecular complexity index is 381. The fourth-order valence-corrected chi connectivity index (χ4v) is 1.39. The number of carbonyl (C=O) groups is 2. The Labute approximate surface area is 105 Å². The molecule has 0 unspecified atom stereocenters. The van der Waals surface area contributed by atoms with Gasteiger partial charge in [0.2, 0.25) is 0 Å². The second-order valence-electron chi connectivity index (χ2n) is 3.83. The van der Waals surface area contributed by atoms with Crippen molar-refractivity contribution in [3.8, 4) is 0 Å². The van der Waals surface area contributed by atoms with Crippen LogP contribution in [0.2, 0.25) is 0 Å². The first-order chi connectivity index (χ1) is 8.68. The molecule has 0 aromatic carbocycles. The summed E-state index contributed by atoms with van der Waals surface area (Å²) in [5.74, 6) is -0.780. The van der Waals surface area contributed by atoms with E-state index in [1.807, 2.05) is 0 Å². The zero-order chi connectivity index (χ0) is 13.2. The van der Waals surface area contributed by atoms with Gasteiger partial charge in [-0.05, 0) is 25.0 Å². The number of carbonyl (C=O) groups excluding carboxylic acids is 1. The summed E-state index contributed by atoms with van der Waals surface area (Å²) in [5.41, 5.74) is 0.640. The maximum atomic E-state index is 11.4. The third-order valence-corrected chi connectivity index (χ3v) is 2.27. The fourth-order valence-electron chi connectivity index (χ4n) is 1.39. The fraction of sp³-hybridized carbons (Fsp3) is 0.417. The molecular weight excluding hydrogens is 234 g/mol. The van der Waals surface area contributed by atoms with E-state index in [0.29, 0.717) is 18.7 Å². The molecule has 0 saturated carbocycles. The van der Waals surface area contributed by atoms with Gasteiger partial charge in [0, 0.05) is 19.2 Å². The molecule has 3 N–H and O–H groups in total. The zero-order valence-electron chi connectivity index (χ0n) is 10.1. The van der Waals surface area contributed by atoms with Crippen molar-refractivity contribution >= 4 is 17.7 Å². The van der Waals surface area contributed by atoms with E-state index in [9.17, 15) is 9.59 Å². The summed E-state index contributed by atoms with van der Waals surface area (Å²) in [6.45, 7) is 0.533. The number of amides is 2. The number of urea groups is 1. The first kappa shape index (κ1) is 14.0. The van der Waals surface area contributed by atoms with E-state index in [1.54, 1.807) is 24.5 Å². The van der Waals surface area contributed by atoms with Gasteiger partial charge in [0.1, 0.15) is 0 Å². The Kier molecular flexibility index (Phi) is 6.24. The lowest BCUT2D eigenvalue weighted by Crippen LogP contribution is -2.29. The van der Waals surface area contributed by atoms with Crippen molar-refractivity contribution in [3.63, 3.8) is 0 Å². The van der Waals surface area contributed by atoms with Crippen molar-refractivity contribution in [1.29, 1.82) is 0 Å². The van der Waals surface area contributed by atoms with Crippen LogP contribution < -0.4 is 10.6 Å². The van der Waals surface area contributed by atoms with Crippen molar-refractivity contribution in [2.45, 2.75) is 25.7 Å². The summed E-state index contributed by atoms with van der Waals surface area (Å²) >= 11 is 0. The molecule has 0 aliphatic heterocycles. The van der Waals surface area contributed by atoms with Crippen molar-refractivity contribution in [1.82, 2.24) is 10.3 Å². The van der Waals surface area contributed by atoms with E-state index in [2.05, 4.69) is 15.6 Å². The van der Waals surface area contributed by atoms with E-state index in [4.69, 9.17) is 5.11 Å². The highest BCUT2D eigenvalue weighted by atomic mass is 16.4. The average Bonchev–Trinajstić information content (AvgIpc) is 2.34. The minimum absolute atomic E-state index is 0.182. The molecule has 18 heavy (non-hydrogen) atoms. The highest BCUT2D eigenvalue weighted by Crippen LogP contribution is 2.02. The number of aromatic nitrogens is 1. The van der Waals surface area contributed by atoms with Gasteiger partial charge in [0.05, 0.1) is 11.9 Å². The number of hydrogen-bond donors (Lipinski definition) is 3. The number of anilines is 1. The first-order valence-corrected chi connectivity index (χ1v) is 5.85. The topological polar surface area (TPSA) is 91.3 Å². The molecule has 1 aromatic heterocycles. The third-order valence-electron chi connectivity index (χ3n) is 2.27. The highest BCUT2D eigenvalue weighted by molar-refractivity contribution is 5.88. The zero-order valence-corrected chi connectivity index (χ0v) is 10.1. The molecule has 0 fully saturated rings. The lowest BCUT2D eigenvalue weighted by molar-refractivity contribution is -0.137. The number of aliphatic carboxylic acids is 1. The Morgan fingerprint density at radius 2 is 2.11 bits per heavy atom. The Morgan fingerprint density at radius 1 is 1.28 bits per heavy atom. The number of nitrogens with one attached hydrogen (secondary N) is 2. The molecule has 0 radical (unpaired) electrons. The maximum absolute atomic E-state index is 11.4. The summed E-state index contributed by atoms with van der Waals surface area (Å²) in [6, 6.07) is 3.21. The van der Waals surface area contributed by atoms with Crippen LogP contribution in [0.25, 0.3) is 0 Å². The molecule has 2 amide bonds. The van der Waals surface area contributed by atoms with Gasteiger partial charge in [0.25, 0.3) is 0 Å². The van der Waals surface area contributed by atoms with E-state index in [1.165, 1.54) is 0 Å². The molecule has 0 spiro atoms. The summed E-state index contributed by atoms with van der Waals surface area (Å²) in [5, 5.41) is 13.8. The Hall–Kier alpha value is -2.11. The van der Waals surface area contributed by atoms with Gasteiger partial charge in [-0.1, -0.05) is 6.42 Å². The second kappa shape index (κ2) is 8.05. The van der Waals surface area contributed by atoms with Crippen LogP contribution in [-0.4, -0.2) is 28.6 Å². The van der Waals surface area contributed by atoms with Crippen molar-refractivity contribution in [2.24, 2.45) is 0 Å². The molecule has 1 heterocycles. The number of carboxylic acids is 1. The van der Waals surface area contributed by atoms with E-state index >= 15 is 0 Å². The van der Waals surface area contributed by atoms with Gasteiger partial charge in [-0.25, -0.2) is 4.79 Å². The highest BCUT2D eigenvalue weighted by Gasteiger charge is 2.00. The Balaban J connectivity index is 2.05. The van der Waals surface area contributed by atoms with Crippen LogP contribution in [0.4, 0.5) is 10.5 Å². The van der Waals surface area contributed by atoms with Crippen LogP contribution in [0, 0.1) is 0 Å². The van der Waals surface area contributed by atoms with Crippen molar-refractivity contribution in [2.75, 3.05) is 11.9 Å². The van der Waals surface area contributed by atoms with Crippen molar-refractivity contribution < 1.29 is 14.7 Å². The number of unbranched alkanes of at least 4 members (excludes halogenated alkanes) is 2. The number of rotatable bonds is 7. The van der Waals surface area contributed by atoms with E-state index in [-0.39, 0.29) is 12.5 Å². The molecule has 6 heteroatoms. The molecule has 1 aromatic rings. The minimum atomic E-state index is -0.780. The molecular formula is C12H17N3O3. The largest absolute Gasteiger partial charge is 0.481 e. The number of nitrogens with zero attached hydrogens (tertiary/aromatic N) is 1. The smallest absolute Gasteiger partial charge is 0.319 e. The van der Waals surface area contributed by atoms with E-state index < -0.39 is 5.97 Å². The summed E-state index contributed by atoms with van der Waals surface area (Å²) in [4.78, 5) is 25.5. The predicted molar refractivity (Wildman–Crippen MR) is 67.4 cm³/mol. The molecule has 1 rings (SSSR count). The summed E-state index contributed by atoms with van der Waals surface area (Å²) < 4.78 is 0. The van der Waals surface area contributed by atoms with Crippen LogP contribution >= 0.6 is 0 Å². The van der Waals surface area contributed by atoms with Crippen LogP contribution in [0.15, 0.2) is 24.5 Å². The minimum Gasteiger partial charge on any atom is -0.481 e. The Morgan fingerprint density at radius 3 is 2.78 bits per heavy atom. The van der Waals surface area contributed by atoms with Crippen LogP contribution in [0.1, 0.15) is 25.7 Å². The molecule has 98 valence electrons. The van der Waals surface area contributed by atoms with Crippen LogP contribution in [0.3, 0.4) is 0 Å². The SMILES string of the molecule is O=C(O)CCCCCNC(=O)Nc1cccnc1. The number of pyridine rings is 1. The second-order valence-corrected chi connectivity index (χ2v) is 3.83. The molecule has 0 aliphatic carbocycles. The van der Waals surface area contributed by atoms with Gasteiger partial charge in [-0.2, -0.15) is 0 Å².